The number of esters is 1. The van der Waals surface area contributed by atoms with Crippen molar-refractivity contribution in [1.82, 2.24) is 0 Å². The van der Waals surface area contributed by atoms with Crippen LogP contribution in [0.5, 0.6) is 11.5 Å². The van der Waals surface area contributed by atoms with E-state index < -0.39 is 38.7 Å². The van der Waals surface area contributed by atoms with Crippen LogP contribution in [0.3, 0.4) is 0 Å². The Morgan fingerprint density at radius 2 is 1.82 bits per heavy atom. The molecule has 0 fully saturated rings. The summed E-state index contributed by atoms with van der Waals surface area (Å²) in [6.07, 6.45) is 0. The third kappa shape index (κ3) is 2.89. The molecule has 0 saturated carbocycles. The minimum atomic E-state index is -5.97. The van der Waals surface area contributed by atoms with E-state index in [2.05, 4.69) is 4.18 Å². The van der Waals surface area contributed by atoms with Crippen LogP contribution in [0.4, 0.5) is 18.9 Å². The van der Waals surface area contributed by atoms with E-state index in [1.54, 1.807) is 0 Å². The van der Waals surface area contributed by atoms with Gasteiger partial charge in [-0.15, -0.1) is 0 Å². The van der Waals surface area contributed by atoms with Crippen molar-refractivity contribution in [3.63, 3.8) is 0 Å². The van der Waals surface area contributed by atoms with Crippen molar-refractivity contribution >= 4 is 21.8 Å². The van der Waals surface area contributed by atoms with E-state index in [0.29, 0.717) is 0 Å². The van der Waals surface area contributed by atoms with Gasteiger partial charge in [-0.25, -0.2) is 4.79 Å². The Labute approximate surface area is 122 Å². The molecule has 122 valence electrons. The van der Waals surface area contributed by atoms with Crippen molar-refractivity contribution in [1.29, 1.82) is 0 Å². The third-order valence-corrected chi connectivity index (χ3v) is 3.44. The molecule has 0 amide bonds. The van der Waals surface area contributed by atoms with E-state index in [1.165, 1.54) is 13.8 Å². The minimum absolute atomic E-state index is 0.156. The second-order valence-corrected chi connectivity index (χ2v) is 6.30. The van der Waals surface area contributed by atoms with Gasteiger partial charge in [0.15, 0.2) is 5.75 Å². The van der Waals surface area contributed by atoms with Gasteiger partial charge < -0.3 is 19.4 Å². The van der Waals surface area contributed by atoms with Gasteiger partial charge in [0.1, 0.15) is 11.3 Å². The van der Waals surface area contributed by atoms with Crippen LogP contribution in [0.15, 0.2) is 12.1 Å². The van der Waals surface area contributed by atoms with E-state index in [1.807, 2.05) is 0 Å². The average molecular weight is 341 g/mol. The van der Waals surface area contributed by atoms with E-state index in [9.17, 15) is 26.4 Å². The molecule has 0 aromatic heterocycles. The standard InChI is InChI=1S/C11H10F3NO6S/c1-10(2)19-6-3-5(15)4-7(8(6)9(16)20-10)21-22(17,18)11(12,13)14/h3-4H,15H2,1-2H3. The van der Waals surface area contributed by atoms with Crippen molar-refractivity contribution in [2.24, 2.45) is 0 Å². The summed E-state index contributed by atoms with van der Waals surface area (Å²) in [7, 11) is -5.97. The first-order valence-electron chi connectivity index (χ1n) is 5.69. The Morgan fingerprint density at radius 1 is 1.23 bits per heavy atom. The number of nitrogen functional groups attached to an aromatic ring is 1. The molecule has 1 aromatic carbocycles. The molecule has 1 aliphatic rings. The van der Waals surface area contributed by atoms with Gasteiger partial charge in [-0.1, -0.05) is 0 Å². The topological polar surface area (TPSA) is 105 Å². The maximum atomic E-state index is 12.4. The zero-order chi connectivity index (χ0) is 16.9. The molecule has 0 saturated heterocycles. The van der Waals surface area contributed by atoms with Gasteiger partial charge in [0.25, 0.3) is 0 Å². The number of benzene rings is 1. The van der Waals surface area contributed by atoms with E-state index in [-0.39, 0.29) is 11.4 Å². The zero-order valence-corrected chi connectivity index (χ0v) is 12.0. The number of fused-ring (bicyclic) bond motifs is 1. The molecule has 1 aromatic rings. The summed E-state index contributed by atoms with van der Waals surface area (Å²) in [6.45, 7) is 2.76. The average Bonchev–Trinajstić information content (AvgIpc) is 2.22. The third-order valence-electron chi connectivity index (χ3n) is 2.47. The number of carbonyl (C=O) groups excluding carboxylic acids is 1. The van der Waals surface area contributed by atoms with Gasteiger partial charge in [0, 0.05) is 31.7 Å². The van der Waals surface area contributed by atoms with Gasteiger partial charge in [-0.3, -0.25) is 0 Å². The fraction of sp³-hybridized carbons (Fsp3) is 0.364. The van der Waals surface area contributed by atoms with Gasteiger partial charge in [0.05, 0.1) is 0 Å². The maximum Gasteiger partial charge on any atom is 0.534 e. The number of ether oxygens (including phenoxy) is 2. The molecule has 1 heterocycles. The Morgan fingerprint density at radius 3 is 2.36 bits per heavy atom. The number of hydrogen-bond donors (Lipinski definition) is 1. The van der Waals surface area contributed by atoms with Crippen molar-refractivity contribution in [3.8, 4) is 11.5 Å². The first kappa shape index (κ1) is 16.2. The molecule has 2 N–H and O–H groups in total. The minimum Gasteiger partial charge on any atom is -0.452 e. The highest BCUT2D eigenvalue weighted by Crippen LogP contribution is 2.40. The molecule has 0 atom stereocenters. The molecular weight excluding hydrogens is 331 g/mol. The lowest BCUT2D eigenvalue weighted by atomic mass is 10.1. The molecule has 11 heteroatoms. The summed E-state index contributed by atoms with van der Waals surface area (Å²) in [5.41, 5.74) is -0.959. The number of rotatable bonds is 2. The molecule has 2 rings (SSSR count). The molecule has 22 heavy (non-hydrogen) atoms. The molecular formula is C11H10F3NO6S. The summed E-state index contributed by atoms with van der Waals surface area (Å²) in [5.74, 6) is -3.65. The summed E-state index contributed by atoms with van der Waals surface area (Å²) in [4.78, 5) is 11.9. The lowest BCUT2D eigenvalue weighted by Crippen LogP contribution is -2.39. The van der Waals surface area contributed by atoms with Crippen LogP contribution in [0.1, 0.15) is 24.2 Å². The Bertz CT molecular complexity index is 741. The van der Waals surface area contributed by atoms with Crippen LogP contribution in [-0.2, 0) is 14.9 Å². The maximum absolute atomic E-state index is 12.4. The number of halogens is 3. The lowest BCUT2D eigenvalue weighted by Gasteiger charge is -2.32. The monoisotopic (exact) mass is 341 g/mol. The predicted molar refractivity (Wildman–Crippen MR) is 66.6 cm³/mol. The summed E-state index contributed by atoms with van der Waals surface area (Å²) in [6, 6.07) is 1.90. The van der Waals surface area contributed by atoms with E-state index in [4.69, 9.17) is 15.2 Å². The fourth-order valence-electron chi connectivity index (χ4n) is 1.68. The molecule has 7 nitrogen and oxygen atoms in total. The van der Waals surface area contributed by atoms with E-state index in [0.717, 1.165) is 12.1 Å². The largest absolute Gasteiger partial charge is 0.534 e. The summed E-state index contributed by atoms with van der Waals surface area (Å²) < 4.78 is 73.3. The highest BCUT2D eigenvalue weighted by atomic mass is 32.2. The molecule has 0 radical (unpaired) electrons. The molecule has 0 bridgehead atoms. The number of cyclic esters (lactones) is 1. The van der Waals surface area contributed by atoms with Gasteiger partial charge in [-0.2, -0.15) is 21.6 Å². The van der Waals surface area contributed by atoms with Crippen LogP contribution in [0, 0.1) is 0 Å². The number of nitrogens with two attached hydrogens (primary N) is 1. The van der Waals surface area contributed by atoms with Crippen LogP contribution in [0.25, 0.3) is 0 Å². The number of anilines is 1. The summed E-state index contributed by atoms with van der Waals surface area (Å²) in [5, 5.41) is 0. The second-order valence-electron chi connectivity index (χ2n) is 4.77. The highest BCUT2D eigenvalue weighted by molar-refractivity contribution is 7.88. The number of alkyl halides is 3. The quantitative estimate of drug-likeness (QED) is 0.378. The van der Waals surface area contributed by atoms with Gasteiger partial charge in [0.2, 0.25) is 5.79 Å². The zero-order valence-electron chi connectivity index (χ0n) is 11.2. The Hall–Kier alpha value is -2.17. The molecule has 0 unspecified atom stereocenters. The summed E-state index contributed by atoms with van der Waals surface area (Å²) >= 11 is 0. The normalized spacial score (nSPS) is 17.2. The van der Waals surface area contributed by atoms with Crippen molar-refractivity contribution in [2.45, 2.75) is 25.1 Å². The predicted octanol–water partition coefficient (Wildman–Crippen LogP) is 1.78. The Balaban J connectivity index is 2.56. The molecule has 0 spiro atoms. The van der Waals surface area contributed by atoms with Crippen molar-refractivity contribution in [3.05, 3.63) is 17.7 Å². The van der Waals surface area contributed by atoms with Crippen LogP contribution >= 0.6 is 0 Å². The van der Waals surface area contributed by atoms with E-state index >= 15 is 0 Å². The van der Waals surface area contributed by atoms with Crippen LogP contribution in [-0.4, -0.2) is 25.7 Å². The smallest absolute Gasteiger partial charge is 0.452 e. The first-order chi connectivity index (χ1) is 9.82. The second kappa shape index (κ2) is 4.66. The Kier molecular flexibility index (Phi) is 3.43. The molecule has 1 aliphatic heterocycles. The first-order valence-corrected chi connectivity index (χ1v) is 7.10. The highest BCUT2D eigenvalue weighted by Gasteiger charge is 2.49. The number of carbonyl (C=O) groups is 1. The van der Waals surface area contributed by atoms with Crippen LogP contribution < -0.4 is 14.7 Å². The van der Waals surface area contributed by atoms with Gasteiger partial charge >= 0.3 is 21.6 Å². The van der Waals surface area contributed by atoms with Gasteiger partial charge in [-0.05, 0) is 0 Å². The van der Waals surface area contributed by atoms with Crippen molar-refractivity contribution in [2.75, 3.05) is 5.73 Å². The SMILES string of the molecule is CC1(C)OC(=O)c2c(cc(N)cc2OS(=O)(=O)C(F)(F)F)O1. The number of hydrogen-bond acceptors (Lipinski definition) is 7. The van der Waals surface area contributed by atoms with Crippen LogP contribution in [0.2, 0.25) is 0 Å². The van der Waals surface area contributed by atoms with Crippen molar-refractivity contribution < 1.29 is 40.0 Å². The lowest BCUT2D eigenvalue weighted by molar-refractivity contribution is -0.127. The fourth-order valence-corrected chi connectivity index (χ4v) is 2.15. The molecule has 0 aliphatic carbocycles.